The largest absolute Gasteiger partial charge is 0.497 e. The van der Waals surface area contributed by atoms with Gasteiger partial charge in [-0.2, -0.15) is 0 Å². The van der Waals surface area contributed by atoms with Crippen molar-refractivity contribution in [2.45, 2.75) is 0 Å². The van der Waals surface area contributed by atoms with Crippen molar-refractivity contribution in [2.75, 3.05) is 44.5 Å². The van der Waals surface area contributed by atoms with Crippen LogP contribution in [-0.4, -0.2) is 44.3 Å². The Morgan fingerprint density at radius 3 is 2.83 bits per heavy atom. The van der Waals surface area contributed by atoms with Crippen molar-refractivity contribution in [1.82, 2.24) is 4.90 Å². The minimum absolute atomic E-state index is 0.168. The second-order valence-corrected chi connectivity index (χ2v) is 3.98. The molecule has 1 saturated heterocycles. The Balaban J connectivity index is 2.05. The Bertz CT molecular complexity index is 431. The van der Waals surface area contributed by atoms with E-state index in [1.807, 2.05) is 0 Å². The smallest absolute Gasteiger partial charge is 0.322 e. The molecule has 0 atom stereocenters. The molecule has 6 nitrogen and oxygen atoms in total. The standard InChI is InChI=1S/C12H17N3O3/c1-17-9-2-3-10(13)11(8-9)14-12(16)15-4-6-18-7-5-15/h2-3,8H,4-7,13H2,1H3,(H,14,16). The summed E-state index contributed by atoms with van der Waals surface area (Å²) in [6, 6.07) is 4.99. The lowest BCUT2D eigenvalue weighted by atomic mass is 10.2. The van der Waals surface area contributed by atoms with Crippen LogP contribution in [0.1, 0.15) is 0 Å². The summed E-state index contributed by atoms with van der Waals surface area (Å²) in [6.07, 6.45) is 0. The Labute approximate surface area is 106 Å². The Morgan fingerprint density at radius 1 is 1.44 bits per heavy atom. The minimum atomic E-state index is -0.168. The average Bonchev–Trinajstić information content (AvgIpc) is 2.42. The van der Waals surface area contributed by atoms with E-state index in [1.165, 1.54) is 0 Å². The van der Waals surface area contributed by atoms with E-state index in [1.54, 1.807) is 30.2 Å². The van der Waals surface area contributed by atoms with Crippen molar-refractivity contribution in [3.05, 3.63) is 18.2 Å². The molecule has 0 unspecified atom stereocenters. The molecule has 1 fully saturated rings. The van der Waals surface area contributed by atoms with Gasteiger partial charge in [-0.15, -0.1) is 0 Å². The number of nitrogen functional groups attached to an aromatic ring is 1. The monoisotopic (exact) mass is 251 g/mol. The van der Waals surface area contributed by atoms with E-state index in [9.17, 15) is 4.79 Å². The number of ether oxygens (including phenoxy) is 2. The third kappa shape index (κ3) is 2.84. The third-order valence-electron chi connectivity index (χ3n) is 2.80. The number of amides is 2. The van der Waals surface area contributed by atoms with E-state index >= 15 is 0 Å². The molecule has 3 N–H and O–H groups in total. The predicted octanol–water partition coefficient (Wildman–Crippen LogP) is 1.14. The molecule has 1 aromatic carbocycles. The van der Waals surface area contributed by atoms with Gasteiger partial charge in [0.1, 0.15) is 5.75 Å². The van der Waals surface area contributed by atoms with E-state index in [0.717, 1.165) is 0 Å². The number of nitrogens with two attached hydrogens (primary N) is 1. The maximum absolute atomic E-state index is 12.0. The molecule has 1 heterocycles. The van der Waals surface area contributed by atoms with E-state index in [2.05, 4.69) is 5.32 Å². The van der Waals surface area contributed by atoms with Crippen LogP contribution in [0.25, 0.3) is 0 Å². The lowest BCUT2D eigenvalue weighted by molar-refractivity contribution is 0.0564. The summed E-state index contributed by atoms with van der Waals surface area (Å²) < 4.78 is 10.3. The zero-order chi connectivity index (χ0) is 13.0. The van der Waals surface area contributed by atoms with Crippen LogP contribution >= 0.6 is 0 Å². The average molecular weight is 251 g/mol. The summed E-state index contributed by atoms with van der Waals surface area (Å²) in [5.74, 6) is 0.654. The van der Waals surface area contributed by atoms with Crippen LogP contribution in [0.5, 0.6) is 5.75 Å². The van der Waals surface area contributed by atoms with Gasteiger partial charge in [0.05, 0.1) is 31.7 Å². The molecule has 2 rings (SSSR count). The van der Waals surface area contributed by atoms with Crippen molar-refractivity contribution in [3.63, 3.8) is 0 Å². The molecule has 0 spiro atoms. The fourth-order valence-corrected chi connectivity index (χ4v) is 1.73. The van der Waals surface area contributed by atoms with Crippen LogP contribution in [0, 0.1) is 0 Å². The van der Waals surface area contributed by atoms with Crippen LogP contribution in [0.3, 0.4) is 0 Å². The van der Waals surface area contributed by atoms with Crippen LogP contribution in [-0.2, 0) is 4.74 Å². The molecule has 0 aromatic heterocycles. The molecular weight excluding hydrogens is 234 g/mol. The second-order valence-electron chi connectivity index (χ2n) is 3.98. The van der Waals surface area contributed by atoms with Gasteiger partial charge in [-0.3, -0.25) is 0 Å². The lowest BCUT2D eigenvalue weighted by Gasteiger charge is -2.27. The number of anilines is 2. The first kappa shape index (κ1) is 12.5. The van der Waals surface area contributed by atoms with Gasteiger partial charge in [0.15, 0.2) is 0 Å². The maximum Gasteiger partial charge on any atom is 0.322 e. The fourth-order valence-electron chi connectivity index (χ4n) is 1.73. The molecule has 1 aliphatic heterocycles. The summed E-state index contributed by atoms with van der Waals surface area (Å²) in [5.41, 5.74) is 6.88. The first-order valence-corrected chi connectivity index (χ1v) is 5.78. The van der Waals surface area contributed by atoms with Gasteiger partial charge in [-0.25, -0.2) is 4.79 Å². The van der Waals surface area contributed by atoms with Gasteiger partial charge in [-0.05, 0) is 12.1 Å². The third-order valence-corrected chi connectivity index (χ3v) is 2.80. The maximum atomic E-state index is 12.0. The van der Waals surface area contributed by atoms with Crippen molar-refractivity contribution in [3.8, 4) is 5.75 Å². The van der Waals surface area contributed by atoms with Gasteiger partial charge in [-0.1, -0.05) is 0 Å². The van der Waals surface area contributed by atoms with E-state index in [0.29, 0.717) is 43.4 Å². The van der Waals surface area contributed by atoms with Crippen LogP contribution in [0.4, 0.5) is 16.2 Å². The van der Waals surface area contributed by atoms with Crippen LogP contribution < -0.4 is 15.8 Å². The molecule has 0 saturated carbocycles. The highest BCUT2D eigenvalue weighted by Crippen LogP contribution is 2.24. The molecule has 6 heteroatoms. The molecule has 0 bridgehead atoms. The lowest BCUT2D eigenvalue weighted by Crippen LogP contribution is -2.43. The molecule has 1 aliphatic rings. The highest BCUT2D eigenvalue weighted by molar-refractivity contribution is 5.93. The van der Waals surface area contributed by atoms with Crippen molar-refractivity contribution < 1.29 is 14.3 Å². The number of hydrogen-bond donors (Lipinski definition) is 2. The molecule has 98 valence electrons. The molecule has 0 radical (unpaired) electrons. The zero-order valence-electron chi connectivity index (χ0n) is 10.3. The predicted molar refractivity (Wildman–Crippen MR) is 68.8 cm³/mol. The van der Waals surface area contributed by atoms with Gasteiger partial charge < -0.3 is 25.4 Å². The Kier molecular flexibility index (Phi) is 3.88. The van der Waals surface area contributed by atoms with Crippen molar-refractivity contribution in [1.29, 1.82) is 0 Å². The number of nitrogens with one attached hydrogen (secondary N) is 1. The molecule has 1 aromatic rings. The van der Waals surface area contributed by atoms with Crippen LogP contribution in [0.2, 0.25) is 0 Å². The van der Waals surface area contributed by atoms with Crippen molar-refractivity contribution >= 4 is 17.4 Å². The number of carbonyl (C=O) groups excluding carboxylic acids is 1. The minimum Gasteiger partial charge on any atom is -0.497 e. The van der Waals surface area contributed by atoms with Gasteiger partial charge >= 0.3 is 6.03 Å². The van der Waals surface area contributed by atoms with E-state index in [4.69, 9.17) is 15.2 Å². The summed E-state index contributed by atoms with van der Waals surface area (Å²) in [4.78, 5) is 13.7. The van der Waals surface area contributed by atoms with Gasteiger partial charge in [0, 0.05) is 19.2 Å². The normalized spacial score (nSPS) is 15.3. The van der Waals surface area contributed by atoms with Gasteiger partial charge in [0.25, 0.3) is 0 Å². The number of benzene rings is 1. The highest BCUT2D eigenvalue weighted by Gasteiger charge is 2.17. The molecule has 2 amide bonds. The number of morpholine rings is 1. The summed E-state index contributed by atoms with van der Waals surface area (Å²) in [6.45, 7) is 2.33. The number of urea groups is 1. The number of rotatable bonds is 2. The fraction of sp³-hybridized carbons (Fsp3) is 0.417. The quantitative estimate of drug-likeness (QED) is 0.773. The highest BCUT2D eigenvalue weighted by atomic mass is 16.5. The topological polar surface area (TPSA) is 76.8 Å². The Hall–Kier alpha value is -1.95. The van der Waals surface area contributed by atoms with Crippen molar-refractivity contribution in [2.24, 2.45) is 0 Å². The summed E-state index contributed by atoms with van der Waals surface area (Å²) in [7, 11) is 1.57. The van der Waals surface area contributed by atoms with E-state index < -0.39 is 0 Å². The zero-order valence-corrected chi connectivity index (χ0v) is 10.3. The first-order valence-electron chi connectivity index (χ1n) is 5.78. The summed E-state index contributed by atoms with van der Waals surface area (Å²) in [5, 5.41) is 2.78. The van der Waals surface area contributed by atoms with Gasteiger partial charge in [0.2, 0.25) is 0 Å². The Morgan fingerprint density at radius 2 is 2.17 bits per heavy atom. The number of nitrogens with zero attached hydrogens (tertiary/aromatic N) is 1. The molecule has 18 heavy (non-hydrogen) atoms. The summed E-state index contributed by atoms with van der Waals surface area (Å²) >= 11 is 0. The van der Waals surface area contributed by atoms with Crippen LogP contribution in [0.15, 0.2) is 18.2 Å². The van der Waals surface area contributed by atoms with E-state index in [-0.39, 0.29) is 6.03 Å². The number of hydrogen-bond acceptors (Lipinski definition) is 4. The number of carbonyl (C=O) groups is 1. The number of methoxy groups -OCH3 is 1. The first-order chi connectivity index (χ1) is 8.70. The molecular formula is C12H17N3O3. The molecule has 0 aliphatic carbocycles. The second kappa shape index (κ2) is 5.59. The SMILES string of the molecule is COc1ccc(N)c(NC(=O)N2CCOCC2)c1.